The Balaban J connectivity index is 2.92. The summed E-state index contributed by atoms with van der Waals surface area (Å²) in [4.78, 5) is 0. The van der Waals surface area contributed by atoms with Crippen molar-refractivity contribution in [3.05, 3.63) is 34.9 Å². The van der Waals surface area contributed by atoms with Crippen LogP contribution in [-0.4, -0.2) is 24.5 Å². The molecular formula is C12H18ClNO2S. The van der Waals surface area contributed by atoms with Gasteiger partial charge in [0, 0.05) is 18.1 Å². The van der Waals surface area contributed by atoms with E-state index in [0.29, 0.717) is 18.1 Å². The molecule has 5 heteroatoms. The van der Waals surface area contributed by atoms with E-state index in [1.165, 1.54) is 4.31 Å². The largest absolute Gasteiger partial charge is 0.216 e. The second-order valence-corrected chi connectivity index (χ2v) is 7.08. The fourth-order valence-electron chi connectivity index (χ4n) is 1.52. The first-order valence-electron chi connectivity index (χ1n) is 5.61. The molecule has 0 unspecified atom stereocenters. The molecule has 0 saturated carbocycles. The molecule has 17 heavy (non-hydrogen) atoms. The van der Waals surface area contributed by atoms with Crippen LogP contribution in [0.2, 0.25) is 5.02 Å². The van der Waals surface area contributed by atoms with Gasteiger partial charge in [-0.15, -0.1) is 0 Å². The molecule has 1 aromatic carbocycles. The Morgan fingerprint density at radius 1 is 1.35 bits per heavy atom. The highest BCUT2D eigenvalue weighted by Gasteiger charge is 2.24. The molecule has 0 spiro atoms. The van der Waals surface area contributed by atoms with Crippen LogP contribution in [-0.2, 0) is 16.6 Å². The topological polar surface area (TPSA) is 37.4 Å². The van der Waals surface area contributed by atoms with Crippen molar-refractivity contribution in [2.75, 3.05) is 6.54 Å². The molecule has 0 saturated heterocycles. The molecule has 0 radical (unpaired) electrons. The molecule has 96 valence electrons. The molecule has 0 atom stereocenters. The highest BCUT2D eigenvalue weighted by molar-refractivity contribution is 7.89. The monoisotopic (exact) mass is 275 g/mol. The Bertz CT molecular complexity index is 471. The minimum Gasteiger partial charge on any atom is -0.212 e. The first kappa shape index (κ1) is 14.5. The third-order valence-corrected chi connectivity index (χ3v) is 5.09. The SMILES string of the molecule is CCN(Cc1cccc(Cl)c1)S(=O)(=O)C(C)C. The lowest BCUT2D eigenvalue weighted by atomic mass is 10.2. The predicted octanol–water partition coefficient (Wildman–Crippen LogP) is 2.90. The van der Waals surface area contributed by atoms with Gasteiger partial charge in [0.2, 0.25) is 10.0 Å². The highest BCUT2D eigenvalue weighted by Crippen LogP contribution is 2.16. The average Bonchev–Trinajstić information content (AvgIpc) is 2.25. The number of rotatable bonds is 5. The Labute approximate surface area is 108 Å². The number of nitrogens with zero attached hydrogens (tertiary/aromatic N) is 1. The van der Waals surface area contributed by atoms with Gasteiger partial charge in [0.1, 0.15) is 0 Å². The second-order valence-electron chi connectivity index (χ2n) is 4.15. The van der Waals surface area contributed by atoms with Gasteiger partial charge in [-0.25, -0.2) is 8.42 Å². The van der Waals surface area contributed by atoms with Crippen molar-refractivity contribution in [3.63, 3.8) is 0 Å². The van der Waals surface area contributed by atoms with Gasteiger partial charge in [-0.05, 0) is 31.5 Å². The van der Waals surface area contributed by atoms with E-state index in [4.69, 9.17) is 11.6 Å². The third kappa shape index (κ3) is 3.69. The number of hydrogen-bond donors (Lipinski definition) is 0. The van der Waals surface area contributed by atoms with E-state index in [0.717, 1.165) is 5.56 Å². The van der Waals surface area contributed by atoms with Gasteiger partial charge in [0.15, 0.2) is 0 Å². The number of halogens is 1. The molecule has 0 N–H and O–H groups in total. The molecule has 1 rings (SSSR count). The Morgan fingerprint density at radius 3 is 2.47 bits per heavy atom. The van der Waals surface area contributed by atoms with Gasteiger partial charge in [0.05, 0.1) is 5.25 Å². The van der Waals surface area contributed by atoms with Crippen LogP contribution in [0.15, 0.2) is 24.3 Å². The lowest BCUT2D eigenvalue weighted by Crippen LogP contribution is -2.35. The Hall–Kier alpha value is -0.580. The normalized spacial score (nSPS) is 12.4. The first-order valence-corrected chi connectivity index (χ1v) is 7.49. The summed E-state index contributed by atoms with van der Waals surface area (Å²) in [7, 11) is -3.21. The second kappa shape index (κ2) is 5.85. The Morgan fingerprint density at radius 2 is 2.00 bits per heavy atom. The van der Waals surface area contributed by atoms with Crippen molar-refractivity contribution in [2.45, 2.75) is 32.6 Å². The van der Waals surface area contributed by atoms with Gasteiger partial charge < -0.3 is 0 Å². The van der Waals surface area contributed by atoms with Gasteiger partial charge >= 0.3 is 0 Å². The van der Waals surface area contributed by atoms with Gasteiger partial charge in [-0.1, -0.05) is 30.7 Å². The van der Waals surface area contributed by atoms with Crippen LogP contribution in [0.1, 0.15) is 26.3 Å². The van der Waals surface area contributed by atoms with Crippen molar-refractivity contribution in [2.24, 2.45) is 0 Å². The van der Waals surface area contributed by atoms with Crippen LogP contribution in [0.5, 0.6) is 0 Å². The van der Waals surface area contributed by atoms with Crippen molar-refractivity contribution in [1.82, 2.24) is 4.31 Å². The number of benzene rings is 1. The van der Waals surface area contributed by atoms with Crippen LogP contribution in [0.3, 0.4) is 0 Å². The van der Waals surface area contributed by atoms with Crippen LogP contribution >= 0.6 is 11.6 Å². The summed E-state index contributed by atoms with van der Waals surface area (Å²) < 4.78 is 25.6. The lowest BCUT2D eigenvalue weighted by molar-refractivity contribution is 0.418. The third-order valence-electron chi connectivity index (χ3n) is 2.56. The van der Waals surface area contributed by atoms with E-state index in [1.807, 2.05) is 19.1 Å². The van der Waals surface area contributed by atoms with E-state index < -0.39 is 15.3 Å². The molecule has 3 nitrogen and oxygen atoms in total. The zero-order valence-electron chi connectivity index (χ0n) is 10.4. The van der Waals surface area contributed by atoms with Gasteiger partial charge in [-0.2, -0.15) is 4.31 Å². The minimum atomic E-state index is -3.21. The van der Waals surface area contributed by atoms with E-state index >= 15 is 0 Å². The molecule has 0 fully saturated rings. The number of sulfonamides is 1. The molecule has 0 aliphatic carbocycles. The zero-order chi connectivity index (χ0) is 13.1. The molecule has 1 aromatic rings. The maximum Gasteiger partial charge on any atom is 0.216 e. The van der Waals surface area contributed by atoms with E-state index in [2.05, 4.69) is 0 Å². The fraction of sp³-hybridized carbons (Fsp3) is 0.500. The van der Waals surface area contributed by atoms with Crippen LogP contribution < -0.4 is 0 Å². The average molecular weight is 276 g/mol. The Kier molecular flexibility index (Phi) is 4.98. The summed E-state index contributed by atoms with van der Waals surface area (Å²) in [5.74, 6) is 0. The zero-order valence-corrected chi connectivity index (χ0v) is 11.9. The minimum absolute atomic E-state index is 0.373. The highest BCUT2D eigenvalue weighted by atomic mass is 35.5. The van der Waals surface area contributed by atoms with Crippen LogP contribution in [0.25, 0.3) is 0 Å². The molecular weight excluding hydrogens is 258 g/mol. The van der Waals surface area contributed by atoms with Crippen molar-refractivity contribution >= 4 is 21.6 Å². The van der Waals surface area contributed by atoms with Crippen molar-refractivity contribution in [3.8, 4) is 0 Å². The van der Waals surface area contributed by atoms with E-state index in [-0.39, 0.29) is 0 Å². The maximum atomic E-state index is 12.0. The summed E-state index contributed by atoms with van der Waals surface area (Å²) in [6.07, 6.45) is 0. The molecule has 0 aliphatic rings. The van der Waals surface area contributed by atoms with Crippen LogP contribution in [0.4, 0.5) is 0 Å². The molecule has 0 amide bonds. The maximum absolute atomic E-state index is 12.0. The van der Waals surface area contributed by atoms with Gasteiger partial charge in [0.25, 0.3) is 0 Å². The quantitative estimate of drug-likeness (QED) is 0.829. The van der Waals surface area contributed by atoms with Crippen LogP contribution in [0, 0.1) is 0 Å². The summed E-state index contributed by atoms with van der Waals surface area (Å²) in [5.41, 5.74) is 0.906. The number of hydrogen-bond acceptors (Lipinski definition) is 2. The summed E-state index contributed by atoms with van der Waals surface area (Å²) in [6.45, 7) is 6.06. The lowest BCUT2D eigenvalue weighted by Gasteiger charge is -2.22. The van der Waals surface area contributed by atoms with E-state index in [1.54, 1.807) is 26.0 Å². The summed E-state index contributed by atoms with van der Waals surface area (Å²) >= 11 is 5.88. The van der Waals surface area contributed by atoms with Crippen molar-refractivity contribution in [1.29, 1.82) is 0 Å². The summed E-state index contributed by atoms with van der Waals surface area (Å²) in [6, 6.07) is 7.27. The predicted molar refractivity (Wildman–Crippen MR) is 71.6 cm³/mol. The summed E-state index contributed by atoms with van der Waals surface area (Å²) in [5, 5.41) is 0.224. The van der Waals surface area contributed by atoms with Crippen molar-refractivity contribution < 1.29 is 8.42 Å². The molecule has 0 heterocycles. The first-order chi connectivity index (χ1) is 7.87. The van der Waals surface area contributed by atoms with E-state index in [9.17, 15) is 8.42 Å². The molecule has 0 bridgehead atoms. The molecule has 0 aliphatic heterocycles. The fourth-order valence-corrected chi connectivity index (χ4v) is 3.02. The standard InChI is InChI=1S/C12H18ClNO2S/c1-4-14(17(15,16)10(2)3)9-11-6-5-7-12(13)8-11/h5-8,10H,4,9H2,1-3H3. The van der Waals surface area contributed by atoms with Gasteiger partial charge in [-0.3, -0.25) is 0 Å². The molecule has 0 aromatic heterocycles. The smallest absolute Gasteiger partial charge is 0.212 e.